The average molecular weight is 267 g/mol. The molecule has 1 rings (SSSR count). The third-order valence-corrected chi connectivity index (χ3v) is 1.87. The Balaban J connectivity index is 0.000000810. The molecule has 1 aromatic carbocycles. The number of benzene rings is 1. The summed E-state index contributed by atoms with van der Waals surface area (Å²) in [5.74, 6) is 0. The van der Waals surface area contributed by atoms with Gasteiger partial charge in [0.1, 0.15) is 0 Å². The molecule has 0 spiro atoms. The predicted octanol–water partition coefficient (Wildman–Crippen LogP) is 1.81. The fraction of sp³-hybridized carbons (Fsp3) is 0.143. The van der Waals surface area contributed by atoms with E-state index in [1.807, 2.05) is 12.1 Å². The van der Waals surface area contributed by atoms with Crippen molar-refractivity contribution in [3.8, 4) is 0 Å². The molecule has 0 saturated heterocycles. The molecule has 0 heterocycles. The van der Waals surface area contributed by atoms with Crippen molar-refractivity contribution in [2.75, 3.05) is 0 Å². The first-order valence-electron chi connectivity index (χ1n) is 2.77. The van der Waals surface area contributed by atoms with Gasteiger partial charge in [-0.1, -0.05) is 12.1 Å². The van der Waals surface area contributed by atoms with Gasteiger partial charge in [-0.05, 0) is 40.3 Å². The van der Waals surface area contributed by atoms with Crippen molar-refractivity contribution in [1.82, 2.24) is 0 Å². The zero-order valence-corrected chi connectivity index (χ0v) is 9.25. The summed E-state index contributed by atoms with van der Waals surface area (Å²) in [4.78, 5) is 0. The van der Waals surface area contributed by atoms with Gasteiger partial charge in [-0.25, -0.2) is 0 Å². The quantitative estimate of drug-likeness (QED) is 0.609. The van der Waals surface area contributed by atoms with E-state index in [1.165, 1.54) is 9.13 Å². The largest absolute Gasteiger partial charge is 0.326 e. The van der Waals surface area contributed by atoms with Crippen LogP contribution in [0.5, 0.6) is 0 Å². The van der Waals surface area contributed by atoms with Crippen molar-refractivity contribution in [1.29, 1.82) is 0 Å². The van der Waals surface area contributed by atoms with Crippen LogP contribution in [0.1, 0.15) is 5.56 Å². The van der Waals surface area contributed by atoms with Gasteiger partial charge in [-0.2, -0.15) is 9.90 Å². The van der Waals surface area contributed by atoms with E-state index in [9.17, 15) is 0 Å². The number of hydrogen-bond donors (Lipinski definition) is 1. The molecule has 0 fully saturated rings. The van der Waals surface area contributed by atoms with Gasteiger partial charge in [-0.3, -0.25) is 0 Å². The molecule has 1 aromatic rings. The van der Waals surface area contributed by atoms with E-state index in [-0.39, 0.29) is 9.90 Å². The van der Waals surface area contributed by atoms with Gasteiger partial charge < -0.3 is 5.73 Å². The first kappa shape index (κ1) is 10.3. The van der Waals surface area contributed by atoms with Crippen LogP contribution in [0, 0.1) is 3.57 Å². The normalized spacial score (nSPS) is 8.60. The molecule has 0 aliphatic rings. The molecule has 0 aliphatic carbocycles. The lowest BCUT2D eigenvalue weighted by Gasteiger charge is -1.93. The Bertz CT molecular complexity index is 185. The van der Waals surface area contributed by atoms with Crippen LogP contribution in [0.2, 0.25) is 0 Å². The Morgan fingerprint density at radius 3 is 2.10 bits per heavy atom. The molecule has 3 heteroatoms. The average Bonchev–Trinajstić information content (AvgIpc) is 1.90. The van der Waals surface area contributed by atoms with E-state index < -0.39 is 0 Å². The van der Waals surface area contributed by atoms with Gasteiger partial charge in [0.05, 0.1) is 0 Å². The van der Waals surface area contributed by atoms with Crippen LogP contribution in [0.15, 0.2) is 24.3 Å². The molecule has 56 valence electrons. The summed E-state index contributed by atoms with van der Waals surface area (Å²) in [6.07, 6.45) is 0. The highest BCUT2D eigenvalue weighted by Gasteiger charge is 1.86. The van der Waals surface area contributed by atoms with Crippen LogP contribution >= 0.6 is 32.5 Å². The fourth-order valence-electron chi connectivity index (χ4n) is 0.620. The van der Waals surface area contributed by atoms with Crippen LogP contribution in [0.25, 0.3) is 0 Å². The van der Waals surface area contributed by atoms with Gasteiger partial charge in [0.25, 0.3) is 0 Å². The lowest BCUT2D eigenvalue weighted by molar-refractivity contribution is 1.07. The highest BCUT2D eigenvalue weighted by atomic mass is 127. The van der Waals surface area contributed by atoms with Gasteiger partial charge >= 0.3 is 0 Å². The topological polar surface area (TPSA) is 26.0 Å². The molecule has 0 aromatic heterocycles. The molecule has 2 N–H and O–H groups in total. The Labute approximate surface area is 78.1 Å². The molecule has 0 radical (unpaired) electrons. The van der Waals surface area contributed by atoms with E-state index >= 15 is 0 Å². The Hall–Kier alpha value is 0.340. The smallest absolute Gasteiger partial charge is 0.0178 e. The molecule has 0 bridgehead atoms. The highest BCUT2D eigenvalue weighted by Crippen LogP contribution is 2.05. The number of hydrogen-bond acceptors (Lipinski definition) is 1. The molecule has 10 heavy (non-hydrogen) atoms. The maximum absolute atomic E-state index is 5.40. The molecular formula is C7H11INP. The zero-order valence-electron chi connectivity index (χ0n) is 5.68. The second-order valence-electron chi connectivity index (χ2n) is 1.83. The lowest BCUT2D eigenvalue weighted by atomic mass is 10.2. The fourth-order valence-corrected chi connectivity index (χ4v) is 0.980. The third kappa shape index (κ3) is 2.95. The van der Waals surface area contributed by atoms with Crippen molar-refractivity contribution in [3.05, 3.63) is 33.4 Å². The van der Waals surface area contributed by atoms with Crippen molar-refractivity contribution in [2.45, 2.75) is 6.54 Å². The van der Waals surface area contributed by atoms with Crippen LogP contribution < -0.4 is 5.73 Å². The second-order valence-corrected chi connectivity index (χ2v) is 3.08. The van der Waals surface area contributed by atoms with Gasteiger partial charge in [0.2, 0.25) is 0 Å². The van der Waals surface area contributed by atoms with Gasteiger partial charge in [0.15, 0.2) is 0 Å². The molecule has 1 nitrogen and oxygen atoms in total. The van der Waals surface area contributed by atoms with E-state index in [0.717, 1.165) is 0 Å². The van der Waals surface area contributed by atoms with E-state index in [0.29, 0.717) is 6.54 Å². The molecule has 0 aliphatic heterocycles. The van der Waals surface area contributed by atoms with Gasteiger partial charge in [0, 0.05) is 10.1 Å². The zero-order chi connectivity index (χ0) is 6.69. The molecular weight excluding hydrogens is 256 g/mol. The maximum Gasteiger partial charge on any atom is 0.0178 e. The van der Waals surface area contributed by atoms with Crippen LogP contribution in [0.4, 0.5) is 0 Å². The SMILES string of the molecule is NCc1ccc(I)cc1.P. The number of nitrogens with two attached hydrogens (primary N) is 1. The summed E-state index contributed by atoms with van der Waals surface area (Å²) in [5, 5.41) is 0. The Kier molecular flexibility index (Phi) is 5.22. The maximum atomic E-state index is 5.40. The molecule has 0 amide bonds. The summed E-state index contributed by atoms with van der Waals surface area (Å²) < 4.78 is 1.25. The van der Waals surface area contributed by atoms with E-state index in [4.69, 9.17) is 5.73 Å². The van der Waals surface area contributed by atoms with Crippen molar-refractivity contribution >= 4 is 32.5 Å². The molecule has 0 saturated carbocycles. The lowest BCUT2D eigenvalue weighted by Crippen LogP contribution is -1.94. The molecule has 1 unspecified atom stereocenters. The van der Waals surface area contributed by atoms with E-state index in [2.05, 4.69) is 34.7 Å². The minimum Gasteiger partial charge on any atom is -0.326 e. The van der Waals surface area contributed by atoms with Crippen LogP contribution in [-0.2, 0) is 6.54 Å². The second kappa shape index (κ2) is 5.05. The summed E-state index contributed by atoms with van der Waals surface area (Å²) in [5.41, 5.74) is 6.59. The Morgan fingerprint density at radius 2 is 1.70 bits per heavy atom. The minimum atomic E-state index is 0. The number of rotatable bonds is 1. The van der Waals surface area contributed by atoms with Gasteiger partial charge in [-0.15, -0.1) is 0 Å². The van der Waals surface area contributed by atoms with Crippen LogP contribution in [-0.4, -0.2) is 0 Å². The molecule has 1 atom stereocenters. The summed E-state index contributed by atoms with van der Waals surface area (Å²) in [6.45, 7) is 0.636. The predicted molar refractivity (Wildman–Crippen MR) is 58.2 cm³/mol. The van der Waals surface area contributed by atoms with E-state index in [1.54, 1.807) is 0 Å². The first-order chi connectivity index (χ1) is 4.33. The minimum absolute atomic E-state index is 0. The third-order valence-electron chi connectivity index (χ3n) is 1.15. The van der Waals surface area contributed by atoms with Crippen LogP contribution in [0.3, 0.4) is 0 Å². The summed E-state index contributed by atoms with van der Waals surface area (Å²) in [7, 11) is 0. The number of halogens is 1. The standard InChI is InChI=1S/C7H8IN.H3P/c8-7-3-1-6(5-9)2-4-7;/h1-4H,5,9H2;1H3. The summed E-state index contributed by atoms with van der Waals surface area (Å²) >= 11 is 2.27. The van der Waals surface area contributed by atoms with Crippen molar-refractivity contribution in [2.24, 2.45) is 5.73 Å². The van der Waals surface area contributed by atoms with Crippen molar-refractivity contribution in [3.63, 3.8) is 0 Å². The summed E-state index contributed by atoms with van der Waals surface area (Å²) in [6, 6.07) is 8.20. The Morgan fingerprint density at radius 1 is 1.20 bits per heavy atom. The monoisotopic (exact) mass is 267 g/mol. The highest BCUT2D eigenvalue weighted by molar-refractivity contribution is 14.1. The first-order valence-corrected chi connectivity index (χ1v) is 3.85. The van der Waals surface area contributed by atoms with Crippen molar-refractivity contribution < 1.29 is 0 Å².